The average Bonchev–Trinajstić information content (AvgIpc) is 3.45. The molecule has 29 heavy (non-hydrogen) atoms. The molecular formula is C25H21Cl2NZr. The standard InChI is InChI=1S/C20H16N.C5H5.2ClH.Zr/c1-2-7-15-13-16(12-14(15)6-1)21-19-10-4-3-8-17(19)18-9-5-11-20(18)21;1-2-4-5-3-1;;;/h1-4,6-8,10,12-13H,5,9,11H2;1-3H,4H2;2*1H;/q2*-1;;;+4/p-2. The number of halogens is 2. The van der Waals surface area contributed by atoms with Crippen molar-refractivity contribution < 1.29 is 51.0 Å². The van der Waals surface area contributed by atoms with Gasteiger partial charge in [0.05, 0.1) is 5.52 Å². The number of allylic oxidation sites excluding steroid dienone is 4. The first-order chi connectivity index (χ1) is 12.9. The number of rotatable bonds is 1. The Hall–Kier alpha value is -1.47. The fourth-order valence-corrected chi connectivity index (χ4v) is 4.23. The summed E-state index contributed by atoms with van der Waals surface area (Å²) in [6.45, 7) is 0. The molecule has 6 rings (SSSR count). The van der Waals surface area contributed by atoms with Crippen molar-refractivity contribution in [2.75, 3.05) is 0 Å². The minimum atomic E-state index is 0. The van der Waals surface area contributed by atoms with Gasteiger partial charge in [0.2, 0.25) is 0 Å². The third-order valence-corrected chi connectivity index (χ3v) is 5.38. The van der Waals surface area contributed by atoms with Crippen molar-refractivity contribution in [1.29, 1.82) is 0 Å². The first kappa shape index (κ1) is 23.8. The van der Waals surface area contributed by atoms with E-state index in [1.54, 1.807) is 5.56 Å². The van der Waals surface area contributed by atoms with E-state index >= 15 is 0 Å². The molecule has 1 heterocycles. The number of fused-ring (bicyclic) bond motifs is 4. The SMILES string of the molecule is [C-]1=CC=CC1.[Cl-].[Cl-].[Zr+4].c1ccc2[cH-]c(-n3c4c(c5ccccc53)CCC4)cc2c1. The van der Waals surface area contributed by atoms with Crippen molar-refractivity contribution in [2.45, 2.75) is 25.7 Å². The van der Waals surface area contributed by atoms with Crippen LogP contribution in [-0.4, -0.2) is 4.57 Å². The van der Waals surface area contributed by atoms with Gasteiger partial charge in [0.25, 0.3) is 0 Å². The Morgan fingerprint density at radius 3 is 2.45 bits per heavy atom. The molecule has 0 saturated heterocycles. The largest absolute Gasteiger partial charge is 4.00 e. The third-order valence-electron chi connectivity index (χ3n) is 5.38. The van der Waals surface area contributed by atoms with Crippen LogP contribution in [-0.2, 0) is 39.0 Å². The van der Waals surface area contributed by atoms with Crippen LogP contribution in [0.4, 0.5) is 0 Å². The van der Waals surface area contributed by atoms with Crippen LogP contribution in [0.3, 0.4) is 0 Å². The van der Waals surface area contributed by atoms with Crippen molar-refractivity contribution in [3.05, 3.63) is 96.2 Å². The summed E-state index contributed by atoms with van der Waals surface area (Å²) in [5, 5.41) is 4.10. The van der Waals surface area contributed by atoms with E-state index in [0.29, 0.717) is 0 Å². The minimum Gasteiger partial charge on any atom is -1.00 e. The van der Waals surface area contributed by atoms with Gasteiger partial charge in [-0.2, -0.15) is 6.08 Å². The maximum Gasteiger partial charge on any atom is 4.00 e. The van der Waals surface area contributed by atoms with Gasteiger partial charge < -0.3 is 29.4 Å². The molecule has 0 N–H and O–H groups in total. The number of hydrogen-bond donors (Lipinski definition) is 0. The van der Waals surface area contributed by atoms with Crippen LogP contribution in [0.1, 0.15) is 24.1 Å². The van der Waals surface area contributed by atoms with Crippen LogP contribution in [0, 0.1) is 6.08 Å². The molecule has 1 aromatic heterocycles. The molecule has 4 aromatic rings. The third kappa shape index (κ3) is 4.51. The summed E-state index contributed by atoms with van der Waals surface area (Å²) in [7, 11) is 0. The number of hydrogen-bond acceptors (Lipinski definition) is 0. The van der Waals surface area contributed by atoms with E-state index in [1.807, 2.05) is 12.2 Å². The smallest absolute Gasteiger partial charge is 1.00 e. The number of benzene rings is 2. The van der Waals surface area contributed by atoms with Crippen molar-refractivity contribution >= 4 is 21.7 Å². The molecule has 0 radical (unpaired) electrons. The monoisotopic (exact) mass is 495 g/mol. The fourth-order valence-electron chi connectivity index (χ4n) is 4.23. The fraction of sp³-hybridized carbons (Fsp3) is 0.160. The molecule has 0 aliphatic heterocycles. The number of para-hydroxylation sites is 1. The van der Waals surface area contributed by atoms with Crippen molar-refractivity contribution in [1.82, 2.24) is 4.57 Å². The Kier molecular flexibility index (Phi) is 8.64. The Bertz CT molecular complexity index is 1110. The maximum atomic E-state index is 2.99. The molecule has 0 unspecified atom stereocenters. The molecule has 0 fully saturated rings. The maximum absolute atomic E-state index is 2.99. The van der Waals surface area contributed by atoms with E-state index in [4.69, 9.17) is 0 Å². The van der Waals surface area contributed by atoms with Crippen LogP contribution >= 0.6 is 0 Å². The Labute approximate surface area is 203 Å². The molecule has 3 aromatic carbocycles. The summed E-state index contributed by atoms with van der Waals surface area (Å²) >= 11 is 0. The van der Waals surface area contributed by atoms with Gasteiger partial charge in [0.15, 0.2) is 0 Å². The second-order valence-electron chi connectivity index (χ2n) is 6.98. The van der Waals surface area contributed by atoms with Gasteiger partial charge in [-0.1, -0.05) is 24.3 Å². The van der Waals surface area contributed by atoms with Crippen LogP contribution in [0.2, 0.25) is 0 Å². The molecule has 1 nitrogen and oxygen atoms in total. The minimum absolute atomic E-state index is 0. The van der Waals surface area contributed by atoms with Crippen molar-refractivity contribution in [2.24, 2.45) is 0 Å². The predicted molar refractivity (Wildman–Crippen MR) is 110 cm³/mol. The van der Waals surface area contributed by atoms with E-state index in [1.165, 1.54) is 52.3 Å². The molecule has 0 spiro atoms. The Balaban J connectivity index is 0.000000333. The first-order valence-electron chi connectivity index (χ1n) is 9.40. The summed E-state index contributed by atoms with van der Waals surface area (Å²) < 4.78 is 2.48. The Morgan fingerprint density at radius 1 is 0.931 bits per heavy atom. The number of aryl methyl sites for hydroxylation is 1. The van der Waals surface area contributed by atoms with Gasteiger partial charge in [-0.05, 0) is 36.6 Å². The quantitative estimate of drug-likeness (QED) is 0.334. The van der Waals surface area contributed by atoms with Gasteiger partial charge >= 0.3 is 26.2 Å². The second kappa shape index (κ2) is 10.5. The summed E-state index contributed by atoms with van der Waals surface area (Å²) in [5.41, 5.74) is 5.76. The van der Waals surface area contributed by atoms with Gasteiger partial charge in [-0.15, -0.1) is 47.5 Å². The van der Waals surface area contributed by atoms with Gasteiger partial charge in [-0.3, -0.25) is 6.08 Å². The zero-order valence-electron chi connectivity index (χ0n) is 16.0. The normalized spacial score (nSPS) is 13.2. The zero-order chi connectivity index (χ0) is 17.3. The average molecular weight is 498 g/mol. The van der Waals surface area contributed by atoms with E-state index in [-0.39, 0.29) is 51.0 Å². The topological polar surface area (TPSA) is 4.93 Å². The molecule has 2 aliphatic carbocycles. The van der Waals surface area contributed by atoms with Crippen LogP contribution in [0.15, 0.2) is 78.9 Å². The molecule has 0 atom stereocenters. The molecule has 0 saturated carbocycles. The summed E-state index contributed by atoms with van der Waals surface area (Å²) in [5.74, 6) is 0. The Morgan fingerprint density at radius 2 is 1.72 bits per heavy atom. The zero-order valence-corrected chi connectivity index (χ0v) is 20.0. The van der Waals surface area contributed by atoms with E-state index in [2.05, 4.69) is 77.4 Å². The van der Waals surface area contributed by atoms with Gasteiger partial charge in [0, 0.05) is 11.1 Å². The second-order valence-corrected chi connectivity index (χ2v) is 6.98. The summed E-state index contributed by atoms with van der Waals surface area (Å²) in [4.78, 5) is 0. The molecule has 144 valence electrons. The summed E-state index contributed by atoms with van der Waals surface area (Å²) in [6.07, 6.45) is 13.7. The molecule has 0 bridgehead atoms. The van der Waals surface area contributed by atoms with Crippen molar-refractivity contribution in [3.63, 3.8) is 0 Å². The van der Waals surface area contributed by atoms with E-state index < -0.39 is 0 Å². The number of nitrogens with zero attached hydrogens (tertiary/aromatic N) is 1. The van der Waals surface area contributed by atoms with Gasteiger partial charge in [0.1, 0.15) is 0 Å². The van der Waals surface area contributed by atoms with Crippen LogP contribution in [0.25, 0.3) is 27.4 Å². The first-order valence-corrected chi connectivity index (χ1v) is 9.40. The molecule has 4 heteroatoms. The molecule has 0 amide bonds. The predicted octanol–water partition coefficient (Wildman–Crippen LogP) is 0.302. The van der Waals surface area contributed by atoms with E-state index in [9.17, 15) is 0 Å². The number of aromatic nitrogens is 1. The van der Waals surface area contributed by atoms with E-state index in [0.717, 1.165) is 6.42 Å². The van der Waals surface area contributed by atoms with Crippen LogP contribution in [0.5, 0.6) is 0 Å². The van der Waals surface area contributed by atoms with Crippen molar-refractivity contribution in [3.8, 4) is 5.69 Å². The molecular weight excluding hydrogens is 476 g/mol. The molecule has 2 aliphatic rings. The summed E-state index contributed by atoms with van der Waals surface area (Å²) in [6, 6.07) is 22.1. The van der Waals surface area contributed by atoms with Crippen LogP contribution < -0.4 is 24.8 Å². The van der Waals surface area contributed by atoms with Gasteiger partial charge in [-0.25, -0.2) is 12.2 Å².